The van der Waals surface area contributed by atoms with Crippen molar-refractivity contribution in [3.8, 4) is 0 Å². The fourth-order valence-electron chi connectivity index (χ4n) is 2.40. The lowest BCUT2D eigenvalue weighted by Gasteiger charge is -2.16. The second kappa shape index (κ2) is 10.8. The number of hydrogen-bond acceptors (Lipinski definition) is 5. The SMILES string of the molecule is CC(=O)N[C@@H](CCC(=O)OCc1ccccc1)C(=O)OCc1ccccc1. The summed E-state index contributed by atoms with van der Waals surface area (Å²) in [5.41, 5.74) is 1.72. The van der Waals surface area contributed by atoms with Gasteiger partial charge in [-0.15, -0.1) is 0 Å². The number of carbonyl (C=O) groups excluding carboxylic acids is 3. The third-order valence-electron chi connectivity index (χ3n) is 3.77. The number of carbonyl (C=O) groups is 3. The lowest BCUT2D eigenvalue weighted by Crippen LogP contribution is -2.41. The van der Waals surface area contributed by atoms with E-state index in [2.05, 4.69) is 5.32 Å². The topological polar surface area (TPSA) is 81.7 Å². The van der Waals surface area contributed by atoms with Crippen LogP contribution in [0.5, 0.6) is 0 Å². The summed E-state index contributed by atoms with van der Waals surface area (Å²) in [4.78, 5) is 35.5. The number of rotatable bonds is 9. The molecule has 0 fully saturated rings. The molecule has 0 bridgehead atoms. The van der Waals surface area contributed by atoms with Crippen LogP contribution in [0.25, 0.3) is 0 Å². The van der Waals surface area contributed by atoms with Crippen molar-refractivity contribution in [2.45, 2.75) is 39.0 Å². The fraction of sp³-hybridized carbons (Fsp3) is 0.286. The molecule has 27 heavy (non-hydrogen) atoms. The minimum Gasteiger partial charge on any atom is -0.461 e. The zero-order valence-electron chi connectivity index (χ0n) is 15.2. The Morgan fingerprint density at radius 1 is 0.852 bits per heavy atom. The Bertz CT molecular complexity index is 746. The van der Waals surface area contributed by atoms with Crippen molar-refractivity contribution in [2.24, 2.45) is 0 Å². The highest BCUT2D eigenvalue weighted by atomic mass is 16.5. The molecule has 1 amide bonds. The fourth-order valence-corrected chi connectivity index (χ4v) is 2.40. The summed E-state index contributed by atoms with van der Waals surface area (Å²) < 4.78 is 10.4. The highest BCUT2D eigenvalue weighted by Crippen LogP contribution is 2.08. The van der Waals surface area contributed by atoms with Gasteiger partial charge in [-0.25, -0.2) is 4.79 Å². The van der Waals surface area contributed by atoms with Crippen LogP contribution in [0.15, 0.2) is 60.7 Å². The van der Waals surface area contributed by atoms with Crippen LogP contribution < -0.4 is 5.32 Å². The van der Waals surface area contributed by atoms with E-state index in [0.29, 0.717) is 0 Å². The Kier molecular flexibility index (Phi) is 8.03. The van der Waals surface area contributed by atoms with E-state index in [9.17, 15) is 14.4 Å². The average molecular weight is 369 g/mol. The van der Waals surface area contributed by atoms with Gasteiger partial charge in [0.05, 0.1) is 0 Å². The summed E-state index contributed by atoms with van der Waals surface area (Å²) in [6.07, 6.45) is 0.110. The Hall–Kier alpha value is -3.15. The molecule has 0 aliphatic heterocycles. The Morgan fingerprint density at radius 2 is 1.37 bits per heavy atom. The smallest absolute Gasteiger partial charge is 0.328 e. The van der Waals surface area contributed by atoms with Crippen LogP contribution in [0.2, 0.25) is 0 Å². The minimum atomic E-state index is -0.893. The van der Waals surface area contributed by atoms with Gasteiger partial charge in [0.25, 0.3) is 0 Å². The van der Waals surface area contributed by atoms with E-state index >= 15 is 0 Å². The summed E-state index contributed by atoms with van der Waals surface area (Å²) in [7, 11) is 0. The van der Waals surface area contributed by atoms with Gasteiger partial charge in [0, 0.05) is 13.3 Å². The lowest BCUT2D eigenvalue weighted by molar-refractivity contribution is -0.150. The second-order valence-corrected chi connectivity index (χ2v) is 6.03. The molecule has 0 aliphatic carbocycles. The molecule has 0 saturated heterocycles. The summed E-state index contributed by atoms with van der Waals surface area (Å²) >= 11 is 0. The Labute approximate surface area is 158 Å². The van der Waals surface area contributed by atoms with E-state index in [1.54, 1.807) is 0 Å². The molecule has 0 radical (unpaired) electrons. The summed E-state index contributed by atoms with van der Waals surface area (Å²) in [6.45, 7) is 1.59. The van der Waals surface area contributed by atoms with Crippen LogP contribution in [-0.2, 0) is 37.1 Å². The quantitative estimate of drug-likeness (QED) is 0.688. The summed E-state index contributed by atoms with van der Waals surface area (Å²) in [5, 5.41) is 2.52. The minimum absolute atomic E-state index is 0.00177. The van der Waals surface area contributed by atoms with E-state index in [-0.39, 0.29) is 32.0 Å². The normalized spacial score (nSPS) is 11.3. The first-order valence-electron chi connectivity index (χ1n) is 8.72. The standard InChI is InChI=1S/C21H23NO5/c1-16(23)22-19(21(25)27-15-18-10-6-3-7-11-18)12-13-20(24)26-14-17-8-4-2-5-9-17/h2-11,19H,12-15H2,1H3,(H,22,23)/t19-/m0/s1. The summed E-state index contributed by atoms with van der Waals surface area (Å²) in [5.74, 6) is -1.38. The number of nitrogens with one attached hydrogen (secondary N) is 1. The van der Waals surface area contributed by atoms with Crippen molar-refractivity contribution < 1.29 is 23.9 Å². The third kappa shape index (κ3) is 7.73. The number of hydrogen-bond donors (Lipinski definition) is 1. The molecule has 0 spiro atoms. The molecule has 2 rings (SSSR count). The highest BCUT2D eigenvalue weighted by molar-refractivity contribution is 5.83. The van der Waals surface area contributed by atoms with Crippen LogP contribution in [0.3, 0.4) is 0 Å². The highest BCUT2D eigenvalue weighted by Gasteiger charge is 2.22. The number of benzene rings is 2. The first-order valence-corrected chi connectivity index (χ1v) is 8.72. The van der Waals surface area contributed by atoms with Gasteiger partial charge in [0.1, 0.15) is 19.3 Å². The molecule has 1 N–H and O–H groups in total. The van der Waals surface area contributed by atoms with Crippen LogP contribution in [0.1, 0.15) is 30.9 Å². The van der Waals surface area contributed by atoms with Crippen molar-refractivity contribution in [3.63, 3.8) is 0 Å². The third-order valence-corrected chi connectivity index (χ3v) is 3.77. The van der Waals surface area contributed by atoms with Gasteiger partial charge in [-0.2, -0.15) is 0 Å². The van der Waals surface area contributed by atoms with Gasteiger partial charge < -0.3 is 14.8 Å². The zero-order valence-corrected chi connectivity index (χ0v) is 15.2. The second-order valence-electron chi connectivity index (χ2n) is 6.03. The molecular weight excluding hydrogens is 346 g/mol. The Balaban J connectivity index is 1.81. The predicted molar refractivity (Wildman–Crippen MR) is 99.3 cm³/mol. The Morgan fingerprint density at radius 3 is 1.89 bits per heavy atom. The molecule has 1 atom stereocenters. The first kappa shape index (κ1) is 20.2. The van der Waals surface area contributed by atoms with Crippen LogP contribution in [0.4, 0.5) is 0 Å². The number of ether oxygens (including phenoxy) is 2. The maximum absolute atomic E-state index is 12.3. The lowest BCUT2D eigenvalue weighted by atomic mass is 10.1. The maximum atomic E-state index is 12.3. The van der Waals surface area contributed by atoms with Gasteiger partial charge in [-0.1, -0.05) is 60.7 Å². The predicted octanol–water partition coefficient (Wildman–Crippen LogP) is 2.76. The van der Waals surface area contributed by atoms with Gasteiger partial charge >= 0.3 is 11.9 Å². The van der Waals surface area contributed by atoms with Crippen LogP contribution in [0, 0.1) is 0 Å². The average Bonchev–Trinajstić information content (AvgIpc) is 2.69. The van der Waals surface area contributed by atoms with Crippen molar-refractivity contribution in [1.29, 1.82) is 0 Å². The summed E-state index contributed by atoms with van der Waals surface area (Å²) in [6, 6.07) is 17.6. The molecule has 0 saturated carbocycles. The molecule has 0 unspecified atom stereocenters. The van der Waals surface area contributed by atoms with Gasteiger partial charge in [0.2, 0.25) is 5.91 Å². The molecule has 0 aliphatic rings. The largest absolute Gasteiger partial charge is 0.461 e. The van der Waals surface area contributed by atoms with Crippen molar-refractivity contribution in [1.82, 2.24) is 5.32 Å². The van der Waals surface area contributed by atoms with E-state index in [1.807, 2.05) is 60.7 Å². The van der Waals surface area contributed by atoms with Crippen LogP contribution in [-0.4, -0.2) is 23.9 Å². The number of esters is 2. The molecule has 2 aromatic rings. The van der Waals surface area contributed by atoms with Gasteiger partial charge in [-0.05, 0) is 17.5 Å². The van der Waals surface area contributed by atoms with E-state index < -0.39 is 18.0 Å². The van der Waals surface area contributed by atoms with Crippen molar-refractivity contribution in [3.05, 3.63) is 71.8 Å². The molecule has 6 nitrogen and oxygen atoms in total. The van der Waals surface area contributed by atoms with E-state index in [4.69, 9.17) is 9.47 Å². The van der Waals surface area contributed by atoms with E-state index in [1.165, 1.54) is 6.92 Å². The molecule has 6 heteroatoms. The zero-order chi connectivity index (χ0) is 19.5. The molecule has 2 aromatic carbocycles. The van der Waals surface area contributed by atoms with Gasteiger partial charge in [-0.3, -0.25) is 9.59 Å². The monoisotopic (exact) mass is 369 g/mol. The first-order chi connectivity index (χ1) is 13.0. The van der Waals surface area contributed by atoms with E-state index in [0.717, 1.165) is 11.1 Å². The molecule has 0 aromatic heterocycles. The van der Waals surface area contributed by atoms with Crippen LogP contribution >= 0.6 is 0 Å². The molecule has 0 heterocycles. The molecular formula is C21H23NO5. The van der Waals surface area contributed by atoms with Crippen molar-refractivity contribution >= 4 is 17.8 Å². The maximum Gasteiger partial charge on any atom is 0.328 e. The van der Waals surface area contributed by atoms with Gasteiger partial charge in [0.15, 0.2) is 0 Å². The number of amides is 1. The van der Waals surface area contributed by atoms with Crippen molar-refractivity contribution in [2.75, 3.05) is 0 Å². The molecule has 142 valence electrons.